The SMILES string of the molecule is CCCNC(=O)c1nn(CC)cc1NC(=O)c1cccc(COc2ccc(OCC)cc2)c1. The van der Waals surface area contributed by atoms with E-state index in [1.54, 1.807) is 29.1 Å². The quantitative estimate of drug-likeness (QED) is 0.455. The Morgan fingerprint density at radius 1 is 0.970 bits per heavy atom. The minimum absolute atomic E-state index is 0.202. The van der Waals surface area contributed by atoms with E-state index in [0.29, 0.717) is 43.3 Å². The Morgan fingerprint density at radius 2 is 1.70 bits per heavy atom. The normalized spacial score (nSPS) is 10.5. The number of anilines is 1. The molecule has 0 aliphatic carbocycles. The van der Waals surface area contributed by atoms with Gasteiger partial charge in [-0.05, 0) is 62.2 Å². The smallest absolute Gasteiger partial charge is 0.273 e. The van der Waals surface area contributed by atoms with E-state index in [2.05, 4.69) is 15.7 Å². The van der Waals surface area contributed by atoms with E-state index in [9.17, 15) is 9.59 Å². The van der Waals surface area contributed by atoms with Crippen molar-refractivity contribution in [2.24, 2.45) is 0 Å². The number of rotatable bonds is 11. The third-order valence-electron chi connectivity index (χ3n) is 4.81. The van der Waals surface area contributed by atoms with Gasteiger partial charge in [-0.2, -0.15) is 5.10 Å². The summed E-state index contributed by atoms with van der Waals surface area (Å²) in [5.41, 5.74) is 1.90. The highest BCUT2D eigenvalue weighted by Crippen LogP contribution is 2.20. The molecule has 3 rings (SSSR count). The van der Waals surface area contributed by atoms with Crippen LogP contribution in [0.3, 0.4) is 0 Å². The highest BCUT2D eigenvalue weighted by Gasteiger charge is 2.19. The Hall–Kier alpha value is -3.81. The van der Waals surface area contributed by atoms with Gasteiger partial charge in [0.15, 0.2) is 5.69 Å². The molecule has 0 unspecified atom stereocenters. The number of hydrogen-bond acceptors (Lipinski definition) is 5. The van der Waals surface area contributed by atoms with E-state index in [4.69, 9.17) is 9.47 Å². The molecular weight excluding hydrogens is 420 g/mol. The number of carbonyl (C=O) groups excluding carboxylic acids is 2. The number of ether oxygens (including phenoxy) is 2. The van der Waals surface area contributed by atoms with Crippen molar-refractivity contribution in [2.45, 2.75) is 40.3 Å². The third-order valence-corrected chi connectivity index (χ3v) is 4.81. The zero-order chi connectivity index (χ0) is 23.6. The molecule has 0 bridgehead atoms. The van der Waals surface area contributed by atoms with Crippen molar-refractivity contribution in [1.82, 2.24) is 15.1 Å². The summed E-state index contributed by atoms with van der Waals surface area (Å²) in [6.07, 6.45) is 2.48. The number of aryl methyl sites for hydroxylation is 1. The van der Waals surface area contributed by atoms with Crippen LogP contribution in [-0.2, 0) is 13.2 Å². The second-order valence-corrected chi connectivity index (χ2v) is 7.35. The number of aromatic nitrogens is 2. The minimum atomic E-state index is -0.321. The number of benzene rings is 2. The molecule has 33 heavy (non-hydrogen) atoms. The molecule has 8 heteroatoms. The van der Waals surface area contributed by atoms with Gasteiger partial charge < -0.3 is 20.1 Å². The predicted octanol–water partition coefficient (Wildman–Crippen LogP) is 4.27. The molecule has 3 aromatic rings. The summed E-state index contributed by atoms with van der Waals surface area (Å²) in [6, 6.07) is 14.6. The predicted molar refractivity (Wildman–Crippen MR) is 127 cm³/mol. The summed E-state index contributed by atoms with van der Waals surface area (Å²) in [6.45, 7) is 7.88. The molecule has 8 nitrogen and oxygen atoms in total. The molecule has 2 amide bonds. The Labute approximate surface area is 193 Å². The third kappa shape index (κ3) is 6.58. The van der Waals surface area contributed by atoms with Crippen molar-refractivity contribution in [3.63, 3.8) is 0 Å². The van der Waals surface area contributed by atoms with E-state index >= 15 is 0 Å². The van der Waals surface area contributed by atoms with Crippen LogP contribution in [-0.4, -0.2) is 34.7 Å². The first-order chi connectivity index (χ1) is 16.0. The van der Waals surface area contributed by atoms with Gasteiger partial charge in [0.2, 0.25) is 0 Å². The summed E-state index contributed by atoms with van der Waals surface area (Å²) in [5.74, 6) is 0.871. The van der Waals surface area contributed by atoms with E-state index in [-0.39, 0.29) is 17.5 Å². The van der Waals surface area contributed by atoms with Crippen LogP contribution in [0.5, 0.6) is 11.5 Å². The Morgan fingerprint density at radius 3 is 2.36 bits per heavy atom. The number of amides is 2. The lowest BCUT2D eigenvalue weighted by Crippen LogP contribution is -2.26. The number of nitrogens with zero attached hydrogens (tertiary/aromatic N) is 2. The highest BCUT2D eigenvalue weighted by molar-refractivity contribution is 6.08. The van der Waals surface area contributed by atoms with E-state index in [1.807, 2.05) is 51.1 Å². The first kappa shape index (κ1) is 23.8. The molecule has 2 aromatic carbocycles. The molecule has 0 spiro atoms. The van der Waals surface area contributed by atoms with Crippen LogP contribution < -0.4 is 20.1 Å². The maximum atomic E-state index is 12.9. The second kappa shape index (κ2) is 11.7. The van der Waals surface area contributed by atoms with Gasteiger partial charge in [0.1, 0.15) is 18.1 Å². The van der Waals surface area contributed by atoms with Crippen LogP contribution in [0.1, 0.15) is 53.6 Å². The molecular formula is C25H30N4O4. The highest BCUT2D eigenvalue weighted by atomic mass is 16.5. The molecule has 1 heterocycles. The van der Waals surface area contributed by atoms with Crippen molar-refractivity contribution in [2.75, 3.05) is 18.5 Å². The van der Waals surface area contributed by atoms with E-state index < -0.39 is 0 Å². The lowest BCUT2D eigenvalue weighted by atomic mass is 10.1. The van der Waals surface area contributed by atoms with Gasteiger partial charge in [-0.25, -0.2) is 0 Å². The minimum Gasteiger partial charge on any atom is -0.494 e. The fourth-order valence-electron chi connectivity index (χ4n) is 3.13. The van der Waals surface area contributed by atoms with Crippen LogP contribution in [0.2, 0.25) is 0 Å². The zero-order valence-electron chi connectivity index (χ0n) is 19.3. The first-order valence-corrected chi connectivity index (χ1v) is 11.2. The van der Waals surface area contributed by atoms with Crippen molar-refractivity contribution >= 4 is 17.5 Å². The fourth-order valence-corrected chi connectivity index (χ4v) is 3.13. The molecule has 0 fully saturated rings. The Balaban J connectivity index is 1.67. The first-order valence-electron chi connectivity index (χ1n) is 11.2. The number of hydrogen-bond donors (Lipinski definition) is 2. The number of carbonyl (C=O) groups is 2. The lowest BCUT2D eigenvalue weighted by Gasteiger charge is -2.10. The maximum absolute atomic E-state index is 12.9. The average molecular weight is 451 g/mol. The standard InChI is InChI=1S/C25H30N4O4/c1-4-14-26-25(31)23-22(16-29(5-2)28-23)27-24(30)19-9-7-8-18(15-19)17-33-21-12-10-20(11-13-21)32-6-3/h7-13,15-16H,4-6,14,17H2,1-3H3,(H,26,31)(H,27,30). The van der Waals surface area contributed by atoms with Crippen LogP contribution in [0.4, 0.5) is 5.69 Å². The summed E-state index contributed by atoms with van der Waals surface area (Å²) in [4.78, 5) is 25.3. The summed E-state index contributed by atoms with van der Waals surface area (Å²) < 4.78 is 12.9. The number of nitrogens with one attached hydrogen (secondary N) is 2. The monoisotopic (exact) mass is 450 g/mol. The fraction of sp³-hybridized carbons (Fsp3) is 0.320. The van der Waals surface area contributed by atoms with Crippen LogP contribution in [0.15, 0.2) is 54.7 Å². The van der Waals surface area contributed by atoms with Crippen LogP contribution in [0.25, 0.3) is 0 Å². The largest absolute Gasteiger partial charge is 0.494 e. The molecule has 1 aromatic heterocycles. The van der Waals surface area contributed by atoms with Gasteiger partial charge in [0.05, 0.1) is 12.3 Å². The zero-order valence-corrected chi connectivity index (χ0v) is 19.3. The van der Waals surface area contributed by atoms with Crippen LogP contribution >= 0.6 is 0 Å². The Bertz CT molecular complexity index is 1080. The molecule has 0 saturated carbocycles. The van der Waals surface area contributed by atoms with Crippen molar-refractivity contribution in [3.8, 4) is 11.5 Å². The van der Waals surface area contributed by atoms with Gasteiger partial charge in [0, 0.05) is 24.8 Å². The van der Waals surface area contributed by atoms with E-state index in [1.165, 1.54) is 0 Å². The summed E-state index contributed by atoms with van der Waals surface area (Å²) >= 11 is 0. The molecule has 0 atom stereocenters. The van der Waals surface area contributed by atoms with Gasteiger partial charge in [-0.3, -0.25) is 14.3 Å². The van der Waals surface area contributed by atoms with Gasteiger partial charge in [-0.1, -0.05) is 19.1 Å². The average Bonchev–Trinajstić information content (AvgIpc) is 3.25. The van der Waals surface area contributed by atoms with E-state index in [0.717, 1.165) is 17.7 Å². The van der Waals surface area contributed by atoms with Gasteiger partial charge in [-0.15, -0.1) is 0 Å². The molecule has 0 radical (unpaired) electrons. The maximum Gasteiger partial charge on any atom is 0.273 e. The second-order valence-electron chi connectivity index (χ2n) is 7.35. The molecule has 0 aliphatic rings. The van der Waals surface area contributed by atoms with Crippen molar-refractivity contribution in [1.29, 1.82) is 0 Å². The topological polar surface area (TPSA) is 94.5 Å². The van der Waals surface area contributed by atoms with Gasteiger partial charge in [0.25, 0.3) is 11.8 Å². The van der Waals surface area contributed by atoms with Gasteiger partial charge >= 0.3 is 0 Å². The summed E-state index contributed by atoms with van der Waals surface area (Å²) in [7, 11) is 0. The molecule has 0 saturated heterocycles. The molecule has 2 N–H and O–H groups in total. The van der Waals surface area contributed by atoms with Crippen molar-refractivity contribution in [3.05, 3.63) is 71.5 Å². The lowest BCUT2D eigenvalue weighted by molar-refractivity contribution is 0.0948. The molecule has 174 valence electrons. The van der Waals surface area contributed by atoms with Crippen LogP contribution in [0, 0.1) is 0 Å². The Kier molecular flexibility index (Phi) is 8.46. The van der Waals surface area contributed by atoms with Crippen molar-refractivity contribution < 1.29 is 19.1 Å². The summed E-state index contributed by atoms with van der Waals surface area (Å²) in [5, 5.41) is 9.91. The molecule has 0 aliphatic heterocycles.